The maximum Gasteiger partial charge on any atom is 0.326 e. The largest absolute Gasteiger partial charge is 0.354 e. The molecule has 0 atom stereocenters. The first-order valence-electron chi connectivity index (χ1n) is 5.86. The second-order valence-corrected chi connectivity index (χ2v) is 3.99. The number of halogens is 1. The van der Waals surface area contributed by atoms with Crippen LogP contribution in [0.3, 0.4) is 0 Å². The molecular weight excluding hydrogens is 268 g/mol. The molecular formula is C12H17ClN4O2. The van der Waals surface area contributed by atoms with Crippen molar-refractivity contribution in [2.45, 2.75) is 13.0 Å². The summed E-state index contributed by atoms with van der Waals surface area (Å²) < 4.78 is 1.61. The number of fused-ring (bicyclic) bond motifs is 1. The predicted octanol–water partition coefficient (Wildman–Crippen LogP) is 0.216. The molecule has 0 bridgehead atoms. The number of rotatable bonds is 5. The number of imidazole rings is 1. The number of nitrogens with zero attached hydrogens (tertiary/aromatic N) is 1. The zero-order valence-corrected chi connectivity index (χ0v) is 11.2. The van der Waals surface area contributed by atoms with Gasteiger partial charge >= 0.3 is 5.69 Å². The van der Waals surface area contributed by atoms with Gasteiger partial charge in [-0.1, -0.05) is 12.1 Å². The third kappa shape index (κ3) is 3.59. The van der Waals surface area contributed by atoms with E-state index in [9.17, 15) is 9.59 Å². The zero-order valence-electron chi connectivity index (χ0n) is 10.4. The summed E-state index contributed by atoms with van der Waals surface area (Å²) in [5, 5.41) is 2.72. The van der Waals surface area contributed by atoms with Gasteiger partial charge in [0.1, 0.15) is 0 Å². The molecule has 1 amide bonds. The van der Waals surface area contributed by atoms with E-state index in [1.165, 1.54) is 0 Å². The molecule has 2 aromatic rings. The number of aromatic amines is 1. The molecule has 104 valence electrons. The summed E-state index contributed by atoms with van der Waals surface area (Å²) in [5.41, 5.74) is 6.76. The lowest BCUT2D eigenvalue weighted by atomic mass is 10.3. The van der Waals surface area contributed by atoms with Crippen LogP contribution in [0, 0.1) is 0 Å². The summed E-state index contributed by atoms with van der Waals surface area (Å²) >= 11 is 0. The molecule has 6 nitrogen and oxygen atoms in total. The maximum absolute atomic E-state index is 11.7. The van der Waals surface area contributed by atoms with E-state index in [-0.39, 0.29) is 24.0 Å². The number of carbonyl (C=O) groups excluding carboxylic acids is 1. The Morgan fingerprint density at radius 3 is 2.84 bits per heavy atom. The van der Waals surface area contributed by atoms with Crippen molar-refractivity contribution in [2.75, 3.05) is 13.1 Å². The van der Waals surface area contributed by atoms with Gasteiger partial charge in [0.25, 0.3) is 0 Å². The van der Waals surface area contributed by atoms with Gasteiger partial charge in [-0.3, -0.25) is 9.36 Å². The van der Waals surface area contributed by atoms with E-state index >= 15 is 0 Å². The number of amides is 1. The number of para-hydroxylation sites is 2. The van der Waals surface area contributed by atoms with E-state index in [0.717, 1.165) is 11.0 Å². The molecule has 0 radical (unpaired) electrons. The van der Waals surface area contributed by atoms with Crippen LogP contribution in [0.5, 0.6) is 0 Å². The standard InChI is InChI=1S/C12H16N4O2.ClH/c13-6-5-11(17)14-7-8-16-10-4-2-1-3-9(10)15-12(16)18;/h1-4H,5-8,13H2,(H,14,17)(H,15,18);1H. The highest BCUT2D eigenvalue weighted by Crippen LogP contribution is 2.08. The van der Waals surface area contributed by atoms with Crippen molar-refractivity contribution in [2.24, 2.45) is 5.73 Å². The Bertz CT molecular complexity index is 605. The van der Waals surface area contributed by atoms with Crippen LogP contribution in [0.4, 0.5) is 0 Å². The molecule has 0 saturated carbocycles. The third-order valence-electron chi connectivity index (χ3n) is 2.71. The summed E-state index contributed by atoms with van der Waals surface area (Å²) in [6.07, 6.45) is 0.308. The SMILES string of the molecule is Cl.NCCC(=O)NCCn1c(=O)[nH]c2ccccc21. The second kappa shape index (κ2) is 6.96. The number of aromatic nitrogens is 2. The molecule has 0 aliphatic rings. The molecule has 4 N–H and O–H groups in total. The molecule has 19 heavy (non-hydrogen) atoms. The molecule has 0 unspecified atom stereocenters. The quantitative estimate of drug-likeness (QED) is 0.733. The third-order valence-corrected chi connectivity index (χ3v) is 2.71. The Hall–Kier alpha value is -1.79. The van der Waals surface area contributed by atoms with E-state index in [4.69, 9.17) is 5.73 Å². The highest BCUT2D eigenvalue weighted by Gasteiger charge is 2.05. The first-order chi connectivity index (χ1) is 8.72. The molecule has 1 heterocycles. The lowest BCUT2D eigenvalue weighted by Gasteiger charge is -2.05. The first-order valence-corrected chi connectivity index (χ1v) is 5.86. The molecule has 0 aliphatic carbocycles. The molecule has 2 rings (SSSR count). The fraction of sp³-hybridized carbons (Fsp3) is 0.333. The van der Waals surface area contributed by atoms with Crippen LogP contribution in [0.2, 0.25) is 0 Å². The Morgan fingerprint density at radius 2 is 2.11 bits per heavy atom. The Labute approximate surface area is 116 Å². The van der Waals surface area contributed by atoms with Crippen LogP contribution < -0.4 is 16.7 Å². The summed E-state index contributed by atoms with van der Waals surface area (Å²) in [6, 6.07) is 7.46. The second-order valence-electron chi connectivity index (χ2n) is 3.99. The topological polar surface area (TPSA) is 92.9 Å². The number of hydrogen-bond acceptors (Lipinski definition) is 3. The predicted molar refractivity (Wildman–Crippen MR) is 76.5 cm³/mol. The van der Waals surface area contributed by atoms with Gasteiger partial charge in [-0.2, -0.15) is 0 Å². The maximum atomic E-state index is 11.7. The van der Waals surface area contributed by atoms with Gasteiger partial charge in [-0.05, 0) is 12.1 Å². The lowest BCUT2D eigenvalue weighted by Crippen LogP contribution is -2.31. The zero-order chi connectivity index (χ0) is 13.0. The Morgan fingerprint density at radius 1 is 1.37 bits per heavy atom. The Kier molecular flexibility index (Phi) is 5.59. The number of benzene rings is 1. The molecule has 0 fully saturated rings. The van der Waals surface area contributed by atoms with E-state index in [1.807, 2.05) is 24.3 Å². The number of nitrogens with two attached hydrogens (primary N) is 1. The fourth-order valence-electron chi connectivity index (χ4n) is 1.86. The van der Waals surface area contributed by atoms with Gasteiger partial charge in [-0.15, -0.1) is 12.4 Å². The van der Waals surface area contributed by atoms with E-state index < -0.39 is 0 Å². The molecule has 7 heteroatoms. The van der Waals surface area contributed by atoms with Gasteiger partial charge in [-0.25, -0.2) is 4.79 Å². The summed E-state index contributed by atoms with van der Waals surface area (Å²) in [5.74, 6) is -0.0922. The molecule has 0 aliphatic heterocycles. The summed E-state index contributed by atoms with van der Waals surface area (Å²) in [7, 11) is 0. The highest BCUT2D eigenvalue weighted by atomic mass is 35.5. The van der Waals surface area contributed by atoms with Gasteiger partial charge in [0.15, 0.2) is 0 Å². The van der Waals surface area contributed by atoms with Crippen molar-refractivity contribution < 1.29 is 4.79 Å². The average molecular weight is 285 g/mol. The van der Waals surface area contributed by atoms with Crippen LogP contribution in [0.15, 0.2) is 29.1 Å². The Balaban J connectivity index is 0.00000180. The number of nitrogens with one attached hydrogen (secondary N) is 2. The molecule has 1 aromatic heterocycles. The summed E-state index contributed by atoms with van der Waals surface area (Å²) in [4.78, 5) is 25.7. The molecule has 0 saturated heterocycles. The molecule has 1 aromatic carbocycles. The van der Waals surface area contributed by atoms with Crippen molar-refractivity contribution in [3.63, 3.8) is 0 Å². The first kappa shape index (κ1) is 15.3. The van der Waals surface area contributed by atoms with Crippen LogP contribution in [0.1, 0.15) is 6.42 Å². The van der Waals surface area contributed by atoms with E-state index in [0.29, 0.717) is 26.1 Å². The van der Waals surface area contributed by atoms with Crippen molar-refractivity contribution in [3.8, 4) is 0 Å². The fourth-order valence-corrected chi connectivity index (χ4v) is 1.86. The van der Waals surface area contributed by atoms with Gasteiger partial charge in [0.05, 0.1) is 11.0 Å². The minimum atomic E-state index is -0.163. The van der Waals surface area contributed by atoms with E-state index in [1.54, 1.807) is 4.57 Å². The monoisotopic (exact) mass is 284 g/mol. The minimum Gasteiger partial charge on any atom is -0.354 e. The average Bonchev–Trinajstić information content (AvgIpc) is 2.66. The number of hydrogen-bond donors (Lipinski definition) is 3. The van der Waals surface area contributed by atoms with Crippen LogP contribution in [-0.4, -0.2) is 28.5 Å². The van der Waals surface area contributed by atoms with Crippen LogP contribution in [0.25, 0.3) is 11.0 Å². The molecule has 0 spiro atoms. The van der Waals surface area contributed by atoms with Crippen LogP contribution >= 0.6 is 12.4 Å². The lowest BCUT2D eigenvalue weighted by molar-refractivity contribution is -0.120. The van der Waals surface area contributed by atoms with Crippen molar-refractivity contribution in [3.05, 3.63) is 34.7 Å². The smallest absolute Gasteiger partial charge is 0.326 e. The van der Waals surface area contributed by atoms with Crippen molar-refractivity contribution in [1.29, 1.82) is 0 Å². The van der Waals surface area contributed by atoms with Gasteiger partial charge in [0, 0.05) is 26.1 Å². The summed E-state index contributed by atoms with van der Waals surface area (Å²) in [6.45, 7) is 1.19. The van der Waals surface area contributed by atoms with Crippen molar-refractivity contribution in [1.82, 2.24) is 14.9 Å². The van der Waals surface area contributed by atoms with Gasteiger partial charge < -0.3 is 16.0 Å². The minimum absolute atomic E-state index is 0. The van der Waals surface area contributed by atoms with E-state index in [2.05, 4.69) is 10.3 Å². The van der Waals surface area contributed by atoms with Gasteiger partial charge in [0.2, 0.25) is 5.91 Å². The number of H-pyrrole nitrogens is 1. The highest BCUT2D eigenvalue weighted by molar-refractivity contribution is 5.85. The van der Waals surface area contributed by atoms with Crippen LogP contribution in [-0.2, 0) is 11.3 Å². The number of carbonyl (C=O) groups is 1. The normalized spacial score (nSPS) is 10.2. The van der Waals surface area contributed by atoms with Crippen molar-refractivity contribution >= 4 is 29.3 Å².